The SMILES string of the molecule is CCc1cc(C)cn2c(=O)c(C#N)c(N(C)CC)nc12. The average Bonchev–Trinajstić information content (AvgIpc) is 2.46. The van der Waals surface area contributed by atoms with Gasteiger partial charge in [0.1, 0.15) is 11.7 Å². The molecule has 0 N–H and O–H groups in total. The van der Waals surface area contributed by atoms with Crippen LogP contribution in [0.1, 0.15) is 30.5 Å². The van der Waals surface area contributed by atoms with Gasteiger partial charge in [-0.05, 0) is 31.4 Å². The Morgan fingerprint density at radius 2 is 2.15 bits per heavy atom. The summed E-state index contributed by atoms with van der Waals surface area (Å²) in [6.07, 6.45) is 2.53. The van der Waals surface area contributed by atoms with E-state index in [0.29, 0.717) is 18.0 Å². The molecule has 0 radical (unpaired) electrons. The number of nitrogens with zero attached hydrogens (tertiary/aromatic N) is 4. The quantitative estimate of drug-likeness (QED) is 0.854. The van der Waals surface area contributed by atoms with E-state index in [2.05, 4.69) is 4.98 Å². The summed E-state index contributed by atoms with van der Waals surface area (Å²) in [7, 11) is 1.83. The second kappa shape index (κ2) is 5.33. The first-order valence-electron chi connectivity index (χ1n) is 6.70. The Labute approximate surface area is 118 Å². The Bertz CT molecular complexity index is 755. The predicted octanol–water partition coefficient (Wildman–Crippen LogP) is 1.89. The van der Waals surface area contributed by atoms with Crippen LogP contribution in [0, 0.1) is 18.3 Å². The van der Waals surface area contributed by atoms with Gasteiger partial charge < -0.3 is 4.90 Å². The molecule has 0 unspecified atom stereocenters. The van der Waals surface area contributed by atoms with Gasteiger partial charge in [0.2, 0.25) is 0 Å². The lowest BCUT2D eigenvalue weighted by Gasteiger charge is -2.18. The van der Waals surface area contributed by atoms with E-state index in [-0.39, 0.29) is 11.1 Å². The van der Waals surface area contributed by atoms with Crippen LogP contribution in [0.15, 0.2) is 17.1 Å². The number of hydrogen-bond donors (Lipinski definition) is 0. The second-order valence-electron chi connectivity index (χ2n) is 4.83. The maximum Gasteiger partial charge on any atom is 0.278 e. The lowest BCUT2D eigenvalue weighted by atomic mass is 10.1. The molecule has 0 saturated heterocycles. The molecule has 0 aromatic carbocycles. The Hall–Kier alpha value is -2.35. The molecule has 5 heteroatoms. The summed E-state index contributed by atoms with van der Waals surface area (Å²) in [5.74, 6) is 0.457. The molecule has 20 heavy (non-hydrogen) atoms. The van der Waals surface area contributed by atoms with Crippen LogP contribution in [0.2, 0.25) is 0 Å². The maximum absolute atomic E-state index is 12.5. The Balaban J connectivity index is 2.95. The van der Waals surface area contributed by atoms with E-state index in [1.807, 2.05) is 44.9 Å². The van der Waals surface area contributed by atoms with E-state index < -0.39 is 0 Å². The molecule has 0 aliphatic heterocycles. The zero-order valence-corrected chi connectivity index (χ0v) is 12.3. The van der Waals surface area contributed by atoms with Crippen molar-refractivity contribution in [1.29, 1.82) is 5.26 Å². The number of aromatic nitrogens is 2. The number of fused-ring (bicyclic) bond motifs is 1. The van der Waals surface area contributed by atoms with Gasteiger partial charge in [-0.3, -0.25) is 9.20 Å². The summed E-state index contributed by atoms with van der Waals surface area (Å²) < 4.78 is 1.49. The minimum atomic E-state index is -0.300. The van der Waals surface area contributed by atoms with Crippen molar-refractivity contribution in [2.75, 3.05) is 18.5 Å². The van der Waals surface area contributed by atoms with Crippen molar-refractivity contribution in [3.8, 4) is 6.07 Å². The molecule has 0 saturated carbocycles. The summed E-state index contributed by atoms with van der Waals surface area (Å²) in [6, 6.07) is 4.02. The molecule has 0 amide bonds. The summed E-state index contributed by atoms with van der Waals surface area (Å²) in [5, 5.41) is 9.27. The molecule has 2 aromatic rings. The average molecular weight is 270 g/mol. The Morgan fingerprint density at radius 3 is 2.70 bits per heavy atom. The van der Waals surface area contributed by atoms with Gasteiger partial charge in [0.05, 0.1) is 0 Å². The highest BCUT2D eigenvalue weighted by Gasteiger charge is 2.16. The Kier molecular flexibility index (Phi) is 3.75. The van der Waals surface area contributed by atoms with Gasteiger partial charge in [0, 0.05) is 19.8 Å². The standard InChI is InChI=1S/C15H18N4O/c1-5-11-7-10(3)9-19-13(11)17-14(18(4)6-2)12(8-16)15(19)20/h7,9H,5-6H2,1-4H3. The third-order valence-electron chi connectivity index (χ3n) is 3.45. The van der Waals surface area contributed by atoms with Gasteiger partial charge in [-0.1, -0.05) is 13.0 Å². The van der Waals surface area contributed by atoms with Crippen LogP contribution in [0.5, 0.6) is 0 Å². The zero-order valence-electron chi connectivity index (χ0n) is 12.3. The molecule has 2 rings (SSSR count). The van der Waals surface area contributed by atoms with Crippen molar-refractivity contribution in [2.45, 2.75) is 27.2 Å². The van der Waals surface area contributed by atoms with Crippen LogP contribution in [0.25, 0.3) is 5.65 Å². The third kappa shape index (κ3) is 2.14. The Morgan fingerprint density at radius 1 is 1.45 bits per heavy atom. The molecule has 0 aliphatic carbocycles. The van der Waals surface area contributed by atoms with Crippen LogP contribution >= 0.6 is 0 Å². The van der Waals surface area contributed by atoms with E-state index in [0.717, 1.165) is 17.5 Å². The van der Waals surface area contributed by atoms with Gasteiger partial charge in [-0.2, -0.15) is 5.26 Å². The van der Waals surface area contributed by atoms with Crippen LogP contribution in [-0.2, 0) is 6.42 Å². The zero-order chi connectivity index (χ0) is 14.9. The van der Waals surface area contributed by atoms with Crippen LogP contribution < -0.4 is 10.5 Å². The fraction of sp³-hybridized carbons (Fsp3) is 0.400. The van der Waals surface area contributed by atoms with Crippen molar-refractivity contribution >= 4 is 11.5 Å². The molecule has 5 nitrogen and oxygen atoms in total. The summed E-state index contributed by atoms with van der Waals surface area (Å²) in [6.45, 7) is 6.61. The normalized spacial score (nSPS) is 10.6. The molecule has 104 valence electrons. The van der Waals surface area contributed by atoms with Crippen molar-refractivity contribution in [3.05, 3.63) is 39.3 Å². The highest BCUT2D eigenvalue weighted by atomic mass is 16.1. The van der Waals surface area contributed by atoms with Crippen molar-refractivity contribution in [1.82, 2.24) is 9.38 Å². The van der Waals surface area contributed by atoms with E-state index in [4.69, 9.17) is 0 Å². The van der Waals surface area contributed by atoms with Gasteiger partial charge >= 0.3 is 0 Å². The number of aryl methyl sites for hydroxylation is 2. The van der Waals surface area contributed by atoms with E-state index in [1.165, 1.54) is 4.40 Å². The number of hydrogen-bond acceptors (Lipinski definition) is 4. The predicted molar refractivity (Wildman–Crippen MR) is 79.2 cm³/mol. The van der Waals surface area contributed by atoms with Gasteiger partial charge in [-0.15, -0.1) is 0 Å². The van der Waals surface area contributed by atoms with Crippen LogP contribution in [0.4, 0.5) is 5.82 Å². The molecule has 0 bridgehead atoms. The summed E-state index contributed by atoms with van der Waals surface area (Å²) >= 11 is 0. The topological polar surface area (TPSA) is 61.4 Å². The molecule has 0 aliphatic rings. The number of rotatable bonds is 3. The molecule has 0 spiro atoms. The van der Waals surface area contributed by atoms with Crippen molar-refractivity contribution in [3.63, 3.8) is 0 Å². The first-order valence-corrected chi connectivity index (χ1v) is 6.70. The largest absolute Gasteiger partial charge is 0.359 e. The van der Waals surface area contributed by atoms with Gasteiger partial charge in [0.25, 0.3) is 5.56 Å². The molecule has 2 aromatic heterocycles. The number of nitriles is 1. The van der Waals surface area contributed by atoms with E-state index in [1.54, 1.807) is 6.20 Å². The minimum absolute atomic E-state index is 0.0968. The molecule has 0 atom stereocenters. The molecular formula is C15H18N4O. The number of pyridine rings is 1. The van der Waals surface area contributed by atoms with Crippen LogP contribution in [-0.4, -0.2) is 23.0 Å². The lowest BCUT2D eigenvalue weighted by molar-refractivity contribution is 0.905. The van der Waals surface area contributed by atoms with Crippen LogP contribution in [0.3, 0.4) is 0 Å². The summed E-state index contributed by atoms with van der Waals surface area (Å²) in [5.41, 5.74) is 2.43. The van der Waals surface area contributed by atoms with Crippen molar-refractivity contribution < 1.29 is 0 Å². The fourth-order valence-electron chi connectivity index (χ4n) is 2.23. The smallest absolute Gasteiger partial charge is 0.278 e. The third-order valence-corrected chi connectivity index (χ3v) is 3.45. The van der Waals surface area contributed by atoms with Gasteiger partial charge in [0.15, 0.2) is 11.4 Å². The highest BCUT2D eigenvalue weighted by Crippen LogP contribution is 2.17. The lowest BCUT2D eigenvalue weighted by Crippen LogP contribution is -2.27. The first-order chi connectivity index (χ1) is 9.53. The fourth-order valence-corrected chi connectivity index (χ4v) is 2.23. The highest BCUT2D eigenvalue weighted by molar-refractivity contribution is 5.60. The van der Waals surface area contributed by atoms with E-state index >= 15 is 0 Å². The number of anilines is 1. The van der Waals surface area contributed by atoms with Gasteiger partial charge in [-0.25, -0.2) is 4.98 Å². The molecule has 0 fully saturated rings. The van der Waals surface area contributed by atoms with Crippen molar-refractivity contribution in [2.24, 2.45) is 0 Å². The van der Waals surface area contributed by atoms with E-state index in [9.17, 15) is 10.1 Å². The minimum Gasteiger partial charge on any atom is -0.359 e. The maximum atomic E-state index is 12.5. The second-order valence-corrected chi connectivity index (χ2v) is 4.83. The molecule has 2 heterocycles. The summed E-state index contributed by atoms with van der Waals surface area (Å²) in [4.78, 5) is 18.9. The monoisotopic (exact) mass is 270 g/mol. The molecular weight excluding hydrogens is 252 g/mol. The first kappa shape index (κ1) is 14.1.